The second-order valence-corrected chi connectivity index (χ2v) is 10.8. The molecule has 0 radical (unpaired) electrons. The van der Waals surface area contributed by atoms with Gasteiger partial charge in [0, 0.05) is 34.6 Å². The number of ether oxygens (including phenoxy) is 1. The molecule has 1 fully saturated rings. The van der Waals surface area contributed by atoms with Crippen molar-refractivity contribution in [2.24, 2.45) is 5.92 Å². The van der Waals surface area contributed by atoms with E-state index in [0.717, 1.165) is 11.3 Å². The Morgan fingerprint density at radius 1 is 0.884 bits per heavy atom. The minimum Gasteiger partial charge on any atom is -0.497 e. The third kappa shape index (κ3) is 3.74. The van der Waals surface area contributed by atoms with Gasteiger partial charge in [-0.3, -0.25) is 24.5 Å². The predicted octanol–water partition coefficient (Wildman–Crippen LogP) is 5.46. The Morgan fingerprint density at radius 3 is 2.26 bits per heavy atom. The molecule has 212 valence electrons. The van der Waals surface area contributed by atoms with Gasteiger partial charge < -0.3 is 15.0 Å². The molecule has 1 N–H and O–H groups in total. The van der Waals surface area contributed by atoms with Crippen LogP contribution in [0.5, 0.6) is 5.75 Å². The number of carbonyl (C=O) groups excluding carboxylic acids is 3. The van der Waals surface area contributed by atoms with Gasteiger partial charge >= 0.3 is 0 Å². The quantitative estimate of drug-likeness (QED) is 0.185. The summed E-state index contributed by atoms with van der Waals surface area (Å²) >= 11 is 0. The molecule has 9 heteroatoms. The Labute approximate surface area is 246 Å². The smallest absolute Gasteiger partial charge is 0.269 e. The summed E-state index contributed by atoms with van der Waals surface area (Å²) in [7, 11) is 1.53. The summed E-state index contributed by atoms with van der Waals surface area (Å²) < 4.78 is 5.30. The van der Waals surface area contributed by atoms with Crippen molar-refractivity contribution in [2.45, 2.75) is 17.5 Å². The van der Waals surface area contributed by atoms with Crippen molar-refractivity contribution in [3.63, 3.8) is 0 Å². The highest BCUT2D eigenvalue weighted by molar-refractivity contribution is 6.18. The molecule has 3 aliphatic heterocycles. The van der Waals surface area contributed by atoms with Crippen LogP contribution in [-0.4, -0.2) is 41.6 Å². The normalized spacial score (nSPS) is 22.9. The van der Waals surface area contributed by atoms with E-state index >= 15 is 0 Å². The third-order valence-electron chi connectivity index (χ3n) is 8.83. The number of nitrogens with zero attached hydrogens (tertiary/aromatic N) is 2. The number of hydrogen-bond donors (Lipinski definition) is 1. The van der Waals surface area contributed by atoms with Gasteiger partial charge in [0.15, 0.2) is 11.6 Å². The Balaban J connectivity index is 1.50. The maximum atomic E-state index is 14.8. The number of ketones is 2. The van der Waals surface area contributed by atoms with E-state index in [1.54, 1.807) is 30.3 Å². The number of methoxy groups -OCH3 is 1. The predicted molar refractivity (Wildman–Crippen MR) is 161 cm³/mol. The van der Waals surface area contributed by atoms with Crippen molar-refractivity contribution in [1.82, 2.24) is 0 Å². The highest BCUT2D eigenvalue weighted by Crippen LogP contribution is 2.58. The number of hydrogen-bond acceptors (Lipinski definition) is 7. The van der Waals surface area contributed by atoms with E-state index in [2.05, 4.69) is 5.32 Å². The van der Waals surface area contributed by atoms with Crippen molar-refractivity contribution in [1.29, 1.82) is 0 Å². The first-order valence-corrected chi connectivity index (χ1v) is 13.8. The van der Waals surface area contributed by atoms with Crippen LogP contribution in [0.1, 0.15) is 31.8 Å². The molecule has 0 bridgehead atoms. The Morgan fingerprint density at radius 2 is 1.53 bits per heavy atom. The summed E-state index contributed by atoms with van der Waals surface area (Å²) in [5.41, 5.74) is 1.74. The van der Waals surface area contributed by atoms with Crippen LogP contribution in [0.15, 0.2) is 103 Å². The highest BCUT2D eigenvalue weighted by atomic mass is 16.6. The van der Waals surface area contributed by atoms with Gasteiger partial charge in [0.05, 0.1) is 24.0 Å². The van der Waals surface area contributed by atoms with Crippen LogP contribution in [0.3, 0.4) is 0 Å². The number of non-ortho nitro benzene ring substituents is 1. The van der Waals surface area contributed by atoms with E-state index in [-0.39, 0.29) is 22.9 Å². The zero-order valence-electron chi connectivity index (χ0n) is 23.0. The molecule has 7 rings (SSSR count). The van der Waals surface area contributed by atoms with E-state index in [1.807, 2.05) is 59.5 Å². The van der Waals surface area contributed by atoms with Crippen LogP contribution in [0, 0.1) is 16.0 Å². The topological polar surface area (TPSA) is 119 Å². The fourth-order valence-corrected chi connectivity index (χ4v) is 6.97. The van der Waals surface area contributed by atoms with E-state index in [1.165, 1.54) is 31.4 Å². The molecule has 4 atom stereocenters. The van der Waals surface area contributed by atoms with Gasteiger partial charge in [0.1, 0.15) is 17.2 Å². The SMILES string of the molecule is COc1ccc(C(=O)[C@@H]2[C@@H](C(=O)c3ccc([N+](=O)[O-])cc3)N3c4ccccc4C=C[C@@H]3[C@]23C(=O)Nc2ccccc23)cc1. The number of benzene rings is 4. The molecule has 3 aliphatic rings. The number of anilines is 2. The molecule has 3 heterocycles. The Hall–Kier alpha value is -5.57. The van der Waals surface area contributed by atoms with Crippen molar-refractivity contribution in [3.05, 3.63) is 136 Å². The van der Waals surface area contributed by atoms with E-state index < -0.39 is 34.1 Å². The van der Waals surface area contributed by atoms with Crippen molar-refractivity contribution >= 4 is 40.6 Å². The molecule has 4 aromatic carbocycles. The first-order chi connectivity index (χ1) is 20.9. The summed E-state index contributed by atoms with van der Waals surface area (Å²) in [5.74, 6) is -1.72. The van der Waals surface area contributed by atoms with E-state index in [9.17, 15) is 24.5 Å². The molecular weight excluding hydrogens is 546 g/mol. The molecule has 4 aromatic rings. The molecule has 1 amide bonds. The molecule has 1 spiro atoms. The number of fused-ring (bicyclic) bond motifs is 6. The lowest BCUT2D eigenvalue weighted by molar-refractivity contribution is -0.384. The monoisotopic (exact) mass is 571 g/mol. The van der Waals surface area contributed by atoms with Crippen LogP contribution in [0.2, 0.25) is 0 Å². The molecular formula is C34H25N3O6. The molecule has 9 nitrogen and oxygen atoms in total. The standard InChI is InChI=1S/C34H25N3O6/c1-43-24-17-12-21(13-18-24)31(38)29-30(32(39)22-10-15-23(16-11-22)37(41)42)36-27-9-5-2-6-20(27)14-19-28(36)34(29)25-7-3-4-8-26(25)35-33(34)40/h2-19,28-30H,1H3,(H,35,40)/t28-,29+,30+,34+/m1/s1. The average molecular weight is 572 g/mol. The minimum absolute atomic E-state index is 0.154. The first-order valence-electron chi connectivity index (χ1n) is 13.8. The van der Waals surface area contributed by atoms with Gasteiger partial charge in [-0.05, 0) is 59.7 Å². The maximum Gasteiger partial charge on any atom is 0.269 e. The summed E-state index contributed by atoms with van der Waals surface area (Å²) in [6.07, 6.45) is 3.83. The number of nitro benzene ring substituents is 1. The number of nitrogens with one attached hydrogen (secondary N) is 1. The number of carbonyl (C=O) groups is 3. The van der Waals surface area contributed by atoms with E-state index in [4.69, 9.17) is 4.74 Å². The fourth-order valence-electron chi connectivity index (χ4n) is 6.97. The summed E-state index contributed by atoms with van der Waals surface area (Å²) in [5, 5.41) is 14.3. The lowest BCUT2D eigenvalue weighted by Crippen LogP contribution is -2.51. The minimum atomic E-state index is -1.45. The second kappa shape index (κ2) is 9.77. The lowest BCUT2D eigenvalue weighted by Gasteiger charge is -2.37. The van der Waals surface area contributed by atoms with Gasteiger partial charge in [-0.15, -0.1) is 0 Å². The van der Waals surface area contributed by atoms with Crippen LogP contribution in [-0.2, 0) is 10.2 Å². The zero-order chi connectivity index (χ0) is 29.9. The lowest BCUT2D eigenvalue weighted by atomic mass is 9.64. The second-order valence-electron chi connectivity index (χ2n) is 10.8. The van der Waals surface area contributed by atoms with Crippen LogP contribution >= 0.6 is 0 Å². The summed E-state index contributed by atoms with van der Waals surface area (Å²) in [4.78, 5) is 56.5. The highest BCUT2D eigenvalue weighted by Gasteiger charge is 2.70. The van der Waals surface area contributed by atoms with Gasteiger partial charge in [-0.2, -0.15) is 0 Å². The molecule has 1 saturated heterocycles. The van der Waals surface area contributed by atoms with Crippen LogP contribution < -0.4 is 15.0 Å². The largest absolute Gasteiger partial charge is 0.497 e. The molecule has 43 heavy (non-hydrogen) atoms. The van der Waals surface area contributed by atoms with Gasteiger partial charge in [0.2, 0.25) is 5.91 Å². The van der Waals surface area contributed by atoms with Crippen molar-refractivity contribution < 1.29 is 24.0 Å². The third-order valence-corrected chi connectivity index (χ3v) is 8.83. The maximum absolute atomic E-state index is 14.8. The van der Waals surface area contributed by atoms with Gasteiger partial charge in [-0.25, -0.2) is 0 Å². The number of para-hydroxylation sites is 2. The summed E-state index contributed by atoms with van der Waals surface area (Å²) in [6.45, 7) is 0. The van der Waals surface area contributed by atoms with Crippen molar-refractivity contribution in [3.8, 4) is 5.75 Å². The van der Waals surface area contributed by atoms with E-state index in [0.29, 0.717) is 22.6 Å². The Kier molecular flexibility index (Phi) is 5.98. The number of Topliss-reactive ketones (excluding diaryl/α,β-unsaturated/α-hetero) is 2. The zero-order valence-corrected chi connectivity index (χ0v) is 23.0. The van der Waals surface area contributed by atoms with Crippen molar-refractivity contribution in [2.75, 3.05) is 17.3 Å². The van der Waals surface area contributed by atoms with Crippen LogP contribution in [0.25, 0.3) is 6.08 Å². The first kappa shape index (κ1) is 26.3. The van der Waals surface area contributed by atoms with Gasteiger partial charge in [-0.1, -0.05) is 48.6 Å². The molecule has 0 aliphatic carbocycles. The number of amides is 1. The Bertz CT molecular complexity index is 1850. The molecule has 0 unspecified atom stereocenters. The average Bonchev–Trinajstić information content (AvgIpc) is 3.52. The summed E-state index contributed by atoms with van der Waals surface area (Å²) in [6, 6.07) is 25.0. The molecule has 0 saturated carbocycles. The fraction of sp³-hybridized carbons (Fsp3) is 0.147. The number of rotatable bonds is 6. The number of nitro groups is 1. The molecule has 0 aromatic heterocycles. The van der Waals surface area contributed by atoms with Crippen LogP contribution in [0.4, 0.5) is 17.1 Å². The van der Waals surface area contributed by atoms with Gasteiger partial charge in [0.25, 0.3) is 5.69 Å².